The standard InChI is InChI=1S/C43H41N3O/c1-42(2,3)31-25-35(40(47)36(26-31)43(4,5)6)41-45-39-33(18-13-19-38(39)46(41)7)34-23-30(22-29-16-11-12-17-32(29)34)37-24-28(20-21-44-37)27-14-9-8-10-15-27/h8-26,47H,1-7H3. The summed E-state index contributed by atoms with van der Waals surface area (Å²) in [5.74, 6) is 1.04. The van der Waals surface area contributed by atoms with E-state index in [-0.39, 0.29) is 10.8 Å². The Hall–Kier alpha value is -5.22. The lowest BCUT2D eigenvalue weighted by molar-refractivity contribution is 0.446. The van der Waals surface area contributed by atoms with E-state index in [2.05, 4.69) is 149 Å². The van der Waals surface area contributed by atoms with Crippen LogP contribution in [0, 0.1) is 0 Å². The smallest absolute Gasteiger partial charge is 0.144 e. The third-order valence-electron chi connectivity index (χ3n) is 9.25. The molecule has 0 aliphatic rings. The summed E-state index contributed by atoms with van der Waals surface area (Å²) in [5.41, 5.74) is 10.9. The molecule has 0 fully saturated rings. The van der Waals surface area contributed by atoms with Crippen molar-refractivity contribution in [1.29, 1.82) is 0 Å². The largest absolute Gasteiger partial charge is 0.507 e. The molecule has 2 heterocycles. The third-order valence-corrected chi connectivity index (χ3v) is 9.25. The molecule has 0 saturated carbocycles. The van der Waals surface area contributed by atoms with E-state index in [0.717, 1.165) is 72.3 Å². The maximum absolute atomic E-state index is 11.8. The van der Waals surface area contributed by atoms with Crippen molar-refractivity contribution in [2.75, 3.05) is 0 Å². The van der Waals surface area contributed by atoms with Crippen LogP contribution in [0.5, 0.6) is 5.75 Å². The number of para-hydroxylation sites is 1. The second-order valence-electron chi connectivity index (χ2n) is 14.6. The molecular weight excluding hydrogens is 574 g/mol. The highest BCUT2D eigenvalue weighted by Crippen LogP contribution is 2.44. The van der Waals surface area contributed by atoms with Gasteiger partial charge in [-0.2, -0.15) is 0 Å². The predicted octanol–water partition coefficient (Wildman–Crippen LogP) is 11.1. The Balaban J connectivity index is 1.45. The van der Waals surface area contributed by atoms with Crippen LogP contribution < -0.4 is 0 Å². The molecular formula is C43H41N3O. The number of hydrogen-bond donors (Lipinski definition) is 1. The van der Waals surface area contributed by atoms with Crippen LogP contribution in [-0.2, 0) is 17.9 Å². The molecule has 0 aliphatic heterocycles. The number of aromatic hydroxyl groups is 1. The Morgan fingerprint density at radius 3 is 2.11 bits per heavy atom. The van der Waals surface area contributed by atoms with Crippen LogP contribution >= 0.6 is 0 Å². The van der Waals surface area contributed by atoms with Crippen molar-refractivity contribution >= 4 is 21.8 Å². The molecule has 0 spiro atoms. The van der Waals surface area contributed by atoms with Crippen molar-refractivity contribution in [3.63, 3.8) is 0 Å². The summed E-state index contributed by atoms with van der Waals surface area (Å²) in [7, 11) is 2.04. The zero-order valence-electron chi connectivity index (χ0n) is 28.3. The van der Waals surface area contributed by atoms with Crippen LogP contribution in [0.2, 0.25) is 0 Å². The molecule has 2 aromatic heterocycles. The van der Waals surface area contributed by atoms with E-state index in [4.69, 9.17) is 9.97 Å². The van der Waals surface area contributed by atoms with Crippen molar-refractivity contribution in [2.24, 2.45) is 7.05 Å². The SMILES string of the molecule is Cn1c(-c2cc(C(C)(C)C)cc(C(C)(C)C)c2O)nc2c(-c3cc(-c4cc(-c5ccccc5)ccn4)cc4ccccc34)cccc21. The predicted molar refractivity (Wildman–Crippen MR) is 197 cm³/mol. The first-order valence-electron chi connectivity index (χ1n) is 16.3. The zero-order valence-corrected chi connectivity index (χ0v) is 28.3. The first-order chi connectivity index (χ1) is 22.4. The number of hydrogen-bond acceptors (Lipinski definition) is 3. The molecule has 234 valence electrons. The van der Waals surface area contributed by atoms with E-state index in [1.165, 1.54) is 5.56 Å². The summed E-state index contributed by atoms with van der Waals surface area (Å²) in [4.78, 5) is 10.1. The van der Waals surface area contributed by atoms with Gasteiger partial charge in [0.05, 0.1) is 22.3 Å². The third kappa shape index (κ3) is 5.48. The minimum Gasteiger partial charge on any atom is -0.507 e. The quantitative estimate of drug-likeness (QED) is 0.214. The molecule has 7 rings (SSSR count). The Morgan fingerprint density at radius 2 is 1.36 bits per heavy atom. The molecule has 0 atom stereocenters. The van der Waals surface area contributed by atoms with Gasteiger partial charge in [0.1, 0.15) is 11.6 Å². The number of fused-ring (bicyclic) bond motifs is 2. The lowest BCUT2D eigenvalue weighted by Gasteiger charge is -2.27. The molecule has 4 nitrogen and oxygen atoms in total. The van der Waals surface area contributed by atoms with Crippen molar-refractivity contribution in [1.82, 2.24) is 14.5 Å². The number of nitrogens with zero attached hydrogens (tertiary/aromatic N) is 3. The van der Waals surface area contributed by atoms with Crippen molar-refractivity contribution in [3.8, 4) is 50.6 Å². The number of benzene rings is 5. The molecule has 0 aliphatic carbocycles. The minimum absolute atomic E-state index is 0.0938. The number of imidazole rings is 1. The highest BCUT2D eigenvalue weighted by molar-refractivity contribution is 6.06. The van der Waals surface area contributed by atoms with Gasteiger partial charge in [0.25, 0.3) is 0 Å². The molecule has 5 aromatic carbocycles. The van der Waals surface area contributed by atoms with Gasteiger partial charge in [0.15, 0.2) is 0 Å². The van der Waals surface area contributed by atoms with Crippen molar-refractivity contribution in [3.05, 3.63) is 127 Å². The van der Waals surface area contributed by atoms with Crippen LogP contribution in [0.3, 0.4) is 0 Å². The summed E-state index contributed by atoms with van der Waals surface area (Å²) in [6.45, 7) is 13.1. The molecule has 0 amide bonds. The number of phenols is 1. The zero-order chi connectivity index (χ0) is 33.1. The lowest BCUT2D eigenvalue weighted by atomic mass is 9.79. The highest BCUT2D eigenvalue weighted by Gasteiger charge is 2.27. The van der Waals surface area contributed by atoms with Gasteiger partial charge in [-0.1, -0.05) is 114 Å². The highest BCUT2D eigenvalue weighted by atomic mass is 16.3. The number of aromatic nitrogens is 3. The number of aryl methyl sites for hydroxylation is 1. The fourth-order valence-corrected chi connectivity index (χ4v) is 6.56. The van der Waals surface area contributed by atoms with Gasteiger partial charge in [-0.25, -0.2) is 4.98 Å². The van der Waals surface area contributed by atoms with Gasteiger partial charge in [0, 0.05) is 29.9 Å². The van der Waals surface area contributed by atoms with E-state index in [9.17, 15) is 5.11 Å². The second kappa shape index (κ2) is 11.2. The average Bonchev–Trinajstić information content (AvgIpc) is 3.39. The van der Waals surface area contributed by atoms with Gasteiger partial charge in [-0.15, -0.1) is 0 Å². The van der Waals surface area contributed by atoms with Gasteiger partial charge < -0.3 is 9.67 Å². The van der Waals surface area contributed by atoms with Crippen molar-refractivity contribution < 1.29 is 5.11 Å². The normalized spacial score (nSPS) is 12.2. The fourth-order valence-electron chi connectivity index (χ4n) is 6.56. The molecule has 7 aromatic rings. The van der Waals surface area contributed by atoms with Gasteiger partial charge in [-0.3, -0.25) is 4.98 Å². The summed E-state index contributed by atoms with van der Waals surface area (Å²) in [6.07, 6.45) is 1.89. The van der Waals surface area contributed by atoms with E-state index in [1.807, 2.05) is 19.3 Å². The molecule has 0 radical (unpaired) electrons. The monoisotopic (exact) mass is 615 g/mol. The fraction of sp³-hybridized carbons (Fsp3) is 0.209. The maximum atomic E-state index is 11.8. The van der Waals surface area contributed by atoms with Crippen LogP contribution in [0.15, 0.2) is 115 Å². The van der Waals surface area contributed by atoms with Gasteiger partial charge in [-0.05, 0) is 80.3 Å². The molecule has 0 unspecified atom stereocenters. The molecule has 47 heavy (non-hydrogen) atoms. The van der Waals surface area contributed by atoms with Gasteiger partial charge in [0.2, 0.25) is 0 Å². The van der Waals surface area contributed by atoms with E-state index >= 15 is 0 Å². The second-order valence-corrected chi connectivity index (χ2v) is 14.6. The Kier molecular flexibility index (Phi) is 7.28. The molecule has 4 heteroatoms. The maximum Gasteiger partial charge on any atom is 0.144 e. The minimum atomic E-state index is -0.235. The number of phenolic OH excluding ortho intramolecular Hbond substituents is 1. The average molecular weight is 616 g/mol. The van der Waals surface area contributed by atoms with Gasteiger partial charge >= 0.3 is 0 Å². The van der Waals surface area contributed by atoms with Crippen molar-refractivity contribution in [2.45, 2.75) is 52.4 Å². The number of rotatable bonds is 4. The first-order valence-corrected chi connectivity index (χ1v) is 16.3. The topological polar surface area (TPSA) is 50.9 Å². The lowest BCUT2D eigenvalue weighted by Crippen LogP contribution is -2.17. The molecule has 1 N–H and O–H groups in total. The summed E-state index contributed by atoms with van der Waals surface area (Å²) in [6, 6.07) is 38.3. The molecule has 0 bridgehead atoms. The van der Waals surface area contributed by atoms with E-state index in [1.54, 1.807) is 0 Å². The van der Waals surface area contributed by atoms with E-state index < -0.39 is 0 Å². The summed E-state index contributed by atoms with van der Waals surface area (Å²) >= 11 is 0. The van der Waals surface area contributed by atoms with Crippen LogP contribution in [0.1, 0.15) is 52.7 Å². The Bertz CT molecular complexity index is 2280. The van der Waals surface area contributed by atoms with Crippen LogP contribution in [0.4, 0.5) is 0 Å². The summed E-state index contributed by atoms with van der Waals surface area (Å²) in [5, 5.41) is 14.1. The van der Waals surface area contributed by atoms with Crippen LogP contribution in [-0.4, -0.2) is 19.6 Å². The van der Waals surface area contributed by atoms with Crippen LogP contribution in [0.25, 0.3) is 66.7 Å². The summed E-state index contributed by atoms with van der Waals surface area (Å²) < 4.78 is 2.11. The molecule has 0 saturated heterocycles. The first kappa shape index (κ1) is 30.4. The number of pyridine rings is 1. The Labute approximate surface area is 277 Å². The van der Waals surface area contributed by atoms with E-state index in [0.29, 0.717) is 5.75 Å². The Morgan fingerprint density at radius 1 is 0.617 bits per heavy atom.